The highest BCUT2D eigenvalue weighted by Crippen LogP contribution is 2.32. The summed E-state index contributed by atoms with van der Waals surface area (Å²) in [6, 6.07) is 4.91. The second kappa shape index (κ2) is 5.67. The van der Waals surface area contributed by atoms with Crippen molar-refractivity contribution >= 4 is 15.6 Å². The molecular weight excluding hydrogens is 292 g/mol. The third-order valence-electron chi connectivity index (χ3n) is 3.90. The van der Waals surface area contributed by atoms with Crippen molar-refractivity contribution in [2.75, 3.05) is 19.0 Å². The molecule has 0 aromatic heterocycles. The average molecular weight is 310 g/mol. The van der Waals surface area contributed by atoms with E-state index in [1.165, 1.54) is 0 Å². The fourth-order valence-electron chi connectivity index (χ4n) is 2.75. The fourth-order valence-corrected chi connectivity index (χ4v) is 4.63. The average Bonchev–Trinajstić information content (AvgIpc) is 2.70. The van der Waals surface area contributed by atoms with Crippen LogP contribution in [0.2, 0.25) is 0 Å². The van der Waals surface area contributed by atoms with Crippen LogP contribution in [-0.2, 0) is 9.84 Å². The maximum atomic E-state index is 12.5. The molecule has 0 N–H and O–H groups in total. The first-order valence-corrected chi connectivity index (χ1v) is 8.95. The summed E-state index contributed by atoms with van der Waals surface area (Å²) in [6.07, 6.45) is 2.62. The first-order valence-electron chi connectivity index (χ1n) is 7.23. The van der Waals surface area contributed by atoms with Gasteiger partial charge in [0, 0.05) is 12.0 Å². The zero-order chi connectivity index (χ0) is 14.9. The number of sulfone groups is 1. The van der Waals surface area contributed by atoms with E-state index < -0.39 is 15.1 Å². The van der Waals surface area contributed by atoms with Crippen molar-refractivity contribution < 1.29 is 22.7 Å². The molecule has 0 saturated carbocycles. The summed E-state index contributed by atoms with van der Waals surface area (Å²) in [4.78, 5) is 12.5. The Morgan fingerprint density at radius 3 is 2.57 bits per heavy atom. The Bertz CT molecular complexity index is 650. The first kappa shape index (κ1) is 14.4. The summed E-state index contributed by atoms with van der Waals surface area (Å²) >= 11 is 0. The molecule has 2 aliphatic heterocycles. The molecule has 3 rings (SSSR count). The molecule has 0 aliphatic carbocycles. The lowest BCUT2D eigenvalue weighted by molar-refractivity contribution is 0.0981. The summed E-state index contributed by atoms with van der Waals surface area (Å²) in [5.74, 6) is 0.904. The van der Waals surface area contributed by atoms with E-state index in [1.54, 1.807) is 18.2 Å². The van der Waals surface area contributed by atoms with Gasteiger partial charge < -0.3 is 9.47 Å². The van der Waals surface area contributed by atoms with Crippen LogP contribution in [0.4, 0.5) is 0 Å². The number of ether oxygens (including phenoxy) is 2. The maximum absolute atomic E-state index is 12.5. The van der Waals surface area contributed by atoms with E-state index in [2.05, 4.69) is 0 Å². The predicted molar refractivity (Wildman–Crippen MR) is 77.8 cm³/mol. The number of benzene rings is 1. The van der Waals surface area contributed by atoms with Gasteiger partial charge in [-0.05, 0) is 31.0 Å². The molecule has 0 bridgehead atoms. The van der Waals surface area contributed by atoms with Crippen LogP contribution in [0.15, 0.2) is 18.2 Å². The minimum Gasteiger partial charge on any atom is -0.490 e. The zero-order valence-electron chi connectivity index (χ0n) is 11.7. The molecule has 1 aromatic carbocycles. The molecule has 6 heteroatoms. The molecule has 2 heterocycles. The van der Waals surface area contributed by atoms with Crippen LogP contribution >= 0.6 is 0 Å². The lowest BCUT2D eigenvalue weighted by atomic mass is 10.0. The molecule has 0 radical (unpaired) electrons. The highest BCUT2D eigenvalue weighted by Gasteiger charge is 2.35. The smallest absolute Gasteiger partial charge is 0.181 e. The summed E-state index contributed by atoms with van der Waals surface area (Å²) in [6.45, 7) is 1.11. The van der Waals surface area contributed by atoms with Gasteiger partial charge in [-0.1, -0.05) is 6.42 Å². The monoisotopic (exact) mass is 310 g/mol. The minimum absolute atomic E-state index is 0.105. The molecule has 21 heavy (non-hydrogen) atoms. The Balaban J connectivity index is 1.89. The number of carbonyl (C=O) groups is 1. The molecule has 1 aromatic rings. The third kappa shape index (κ3) is 2.90. The van der Waals surface area contributed by atoms with Crippen molar-refractivity contribution in [3.63, 3.8) is 0 Å². The number of carbonyl (C=O) groups excluding carboxylic acids is 1. The van der Waals surface area contributed by atoms with Crippen LogP contribution in [0.25, 0.3) is 0 Å². The van der Waals surface area contributed by atoms with E-state index in [1.807, 2.05) is 0 Å². The molecular formula is C15H18O5S. The first-order chi connectivity index (χ1) is 10.1. The van der Waals surface area contributed by atoms with Crippen LogP contribution in [-0.4, -0.2) is 38.4 Å². The standard InChI is InChI=1S/C15H18O5S/c16-15(14-4-1-2-9-21(14,17)18)11-5-6-12-13(10-11)20-8-3-7-19-12/h5-6,10,14H,1-4,7-9H2. The van der Waals surface area contributed by atoms with E-state index in [0.29, 0.717) is 43.1 Å². The number of hydrogen-bond acceptors (Lipinski definition) is 5. The van der Waals surface area contributed by atoms with Crippen molar-refractivity contribution in [2.45, 2.75) is 30.9 Å². The molecule has 1 unspecified atom stereocenters. The van der Waals surface area contributed by atoms with Gasteiger partial charge in [-0.2, -0.15) is 0 Å². The number of Topliss-reactive ketones (excluding diaryl/α,β-unsaturated/α-hetero) is 1. The van der Waals surface area contributed by atoms with Gasteiger partial charge in [0.2, 0.25) is 0 Å². The molecule has 0 spiro atoms. The van der Waals surface area contributed by atoms with E-state index in [-0.39, 0.29) is 11.5 Å². The molecule has 114 valence electrons. The second-order valence-corrected chi connectivity index (χ2v) is 7.73. The van der Waals surface area contributed by atoms with Crippen molar-refractivity contribution in [3.05, 3.63) is 23.8 Å². The zero-order valence-corrected chi connectivity index (χ0v) is 12.5. The van der Waals surface area contributed by atoms with E-state index in [0.717, 1.165) is 12.8 Å². The topological polar surface area (TPSA) is 69.7 Å². The van der Waals surface area contributed by atoms with E-state index >= 15 is 0 Å². The summed E-state index contributed by atoms with van der Waals surface area (Å²) in [5.41, 5.74) is 0.384. The molecule has 5 nitrogen and oxygen atoms in total. The summed E-state index contributed by atoms with van der Waals surface area (Å²) in [7, 11) is -3.32. The van der Waals surface area contributed by atoms with Crippen molar-refractivity contribution in [2.24, 2.45) is 0 Å². The predicted octanol–water partition coefficient (Wildman–Crippen LogP) is 2.00. The maximum Gasteiger partial charge on any atom is 0.181 e. The molecule has 1 atom stereocenters. The summed E-state index contributed by atoms with van der Waals surface area (Å²) < 4.78 is 35.2. The fraction of sp³-hybridized carbons (Fsp3) is 0.533. The van der Waals surface area contributed by atoms with Crippen LogP contribution in [0.3, 0.4) is 0 Å². The largest absolute Gasteiger partial charge is 0.490 e. The Kier molecular flexibility index (Phi) is 3.89. The van der Waals surface area contributed by atoms with Crippen molar-refractivity contribution in [3.8, 4) is 11.5 Å². The van der Waals surface area contributed by atoms with Crippen LogP contribution in [0, 0.1) is 0 Å². The van der Waals surface area contributed by atoms with Crippen LogP contribution in [0.1, 0.15) is 36.0 Å². The van der Waals surface area contributed by atoms with Gasteiger partial charge in [0.15, 0.2) is 27.1 Å². The van der Waals surface area contributed by atoms with Crippen LogP contribution in [0.5, 0.6) is 11.5 Å². The van der Waals surface area contributed by atoms with Gasteiger partial charge in [0.1, 0.15) is 5.25 Å². The lowest BCUT2D eigenvalue weighted by Gasteiger charge is -2.21. The Hall–Kier alpha value is -1.56. The molecule has 2 aliphatic rings. The van der Waals surface area contributed by atoms with Gasteiger partial charge in [0.25, 0.3) is 0 Å². The Morgan fingerprint density at radius 1 is 1.05 bits per heavy atom. The molecule has 1 saturated heterocycles. The van der Waals surface area contributed by atoms with E-state index in [9.17, 15) is 13.2 Å². The van der Waals surface area contributed by atoms with Gasteiger partial charge in [-0.15, -0.1) is 0 Å². The second-order valence-electron chi connectivity index (χ2n) is 5.43. The third-order valence-corrected chi connectivity index (χ3v) is 6.08. The van der Waals surface area contributed by atoms with Crippen LogP contribution < -0.4 is 9.47 Å². The van der Waals surface area contributed by atoms with Gasteiger partial charge in [0.05, 0.1) is 19.0 Å². The molecule has 0 amide bonds. The van der Waals surface area contributed by atoms with Gasteiger partial charge in [-0.3, -0.25) is 4.79 Å². The number of hydrogen-bond donors (Lipinski definition) is 0. The van der Waals surface area contributed by atoms with Gasteiger partial charge in [-0.25, -0.2) is 8.42 Å². The van der Waals surface area contributed by atoms with Crippen molar-refractivity contribution in [1.82, 2.24) is 0 Å². The molecule has 1 fully saturated rings. The highest BCUT2D eigenvalue weighted by molar-refractivity contribution is 7.92. The summed E-state index contributed by atoms with van der Waals surface area (Å²) in [5, 5.41) is -0.906. The SMILES string of the molecule is O=C(c1ccc2c(c1)OCCCO2)C1CCCCS1(=O)=O. The minimum atomic E-state index is -3.32. The highest BCUT2D eigenvalue weighted by atomic mass is 32.2. The van der Waals surface area contributed by atoms with E-state index in [4.69, 9.17) is 9.47 Å². The van der Waals surface area contributed by atoms with Crippen molar-refractivity contribution in [1.29, 1.82) is 0 Å². The van der Waals surface area contributed by atoms with Gasteiger partial charge >= 0.3 is 0 Å². The Morgan fingerprint density at radius 2 is 1.81 bits per heavy atom. The number of fused-ring (bicyclic) bond motifs is 1. The quantitative estimate of drug-likeness (QED) is 0.781. The Labute approximate surface area is 124 Å². The number of ketones is 1. The number of rotatable bonds is 2. The normalized spacial score (nSPS) is 24.1. The lowest BCUT2D eigenvalue weighted by Crippen LogP contribution is -2.35.